The van der Waals surface area contributed by atoms with Crippen LogP contribution >= 0.6 is 0 Å². The predicted molar refractivity (Wildman–Crippen MR) is 101 cm³/mol. The summed E-state index contributed by atoms with van der Waals surface area (Å²) in [6.07, 6.45) is 1.33. The number of para-hydroxylation sites is 1. The summed E-state index contributed by atoms with van der Waals surface area (Å²) >= 11 is 0. The largest absolute Gasteiger partial charge is 0.371 e. The molecular formula is C21H19F2N3O. The fraction of sp³-hybridized carbons (Fsp3) is 0.238. The Bertz CT molecular complexity index is 996. The molecule has 6 heteroatoms. The van der Waals surface area contributed by atoms with Gasteiger partial charge >= 0.3 is 0 Å². The van der Waals surface area contributed by atoms with Crippen molar-refractivity contribution in [3.63, 3.8) is 0 Å². The molecule has 1 saturated heterocycles. The lowest BCUT2D eigenvalue weighted by atomic mass is 9.95. The highest BCUT2D eigenvalue weighted by Crippen LogP contribution is 2.34. The lowest BCUT2D eigenvalue weighted by Gasteiger charge is -2.33. The molecule has 0 unspecified atom stereocenters. The molecule has 0 spiro atoms. The zero-order chi connectivity index (χ0) is 19.0. The van der Waals surface area contributed by atoms with E-state index in [2.05, 4.69) is 9.88 Å². The molecule has 1 fully saturated rings. The fourth-order valence-corrected chi connectivity index (χ4v) is 3.63. The van der Waals surface area contributed by atoms with Gasteiger partial charge in [0, 0.05) is 35.6 Å². The van der Waals surface area contributed by atoms with Crippen molar-refractivity contribution in [2.24, 2.45) is 11.7 Å². The first-order valence-corrected chi connectivity index (χ1v) is 8.92. The van der Waals surface area contributed by atoms with Crippen LogP contribution in [0.15, 0.2) is 48.5 Å². The quantitative estimate of drug-likeness (QED) is 0.764. The molecule has 0 atom stereocenters. The third-order valence-electron chi connectivity index (χ3n) is 5.15. The smallest absolute Gasteiger partial charge is 0.220 e. The van der Waals surface area contributed by atoms with E-state index in [4.69, 9.17) is 5.73 Å². The summed E-state index contributed by atoms with van der Waals surface area (Å²) < 4.78 is 27.7. The highest BCUT2D eigenvalue weighted by molar-refractivity contribution is 5.94. The van der Waals surface area contributed by atoms with Gasteiger partial charge in [0.25, 0.3) is 0 Å². The Morgan fingerprint density at radius 2 is 1.78 bits per heavy atom. The lowest BCUT2D eigenvalue weighted by Crippen LogP contribution is -2.38. The van der Waals surface area contributed by atoms with Gasteiger partial charge in [-0.05, 0) is 49.2 Å². The third-order valence-corrected chi connectivity index (χ3v) is 5.15. The number of anilines is 1. The van der Waals surface area contributed by atoms with Crippen LogP contribution in [0.25, 0.3) is 22.2 Å². The SMILES string of the molecule is NC(=O)C1CCN(c2cc(-c3ccc(F)cc3)nc3c(F)cccc23)CC1. The molecule has 0 radical (unpaired) electrons. The van der Waals surface area contributed by atoms with E-state index in [0.717, 1.165) is 16.6 Å². The molecule has 2 aromatic carbocycles. The van der Waals surface area contributed by atoms with E-state index >= 15 is 0 Å². The van der Waals surface area contributed by atoms with E-state index < -0.39 is 5.82 Å². The summed E-state index contributed by atoms with van der Waals surface area (Å²) in [5.74, 6) is -1.13. The van der Waals surface area contributed by atoms with Crippen LogP contribution in [0.3, 0.4) is 0 Å². The molecule has 138 valence electrons. The monoisotopic (exact) mass is 367 g/mol. The van der Waals surface area contributed by atoms with Gasteiger partial charge in [0.1, 0.15) is 17.2 Å². The maximum atomic E-state index is 14.5. The number of aromatic nitrogens is 1. The van der Waals surface area contributed by atoms with Crippen molar-refractivity contribution in [1.29, 1.82) is 0 Å². The molecule has 2 heterocycles. The number of amides is 1. The second kappa shape index (κ2) is 6.95. The number of carbonyl (C=O) groups excluding carboxylic acids is 1. The Hall–Kier alpha value is -3.02. The molecule has 4 rings (SSSR count). The maximum absolute atomic E-state index is 14.5. The predicted octanol–water partition coefficient (Wildman–Crippen LogP) is 3.88. The van der Waals surface area contributed by atoms with Crippen molar-refractivity contribution < 1.29 is 13.6 Å². The van der Waals surface area contributed by atoms with E-state index in [1.807, 2.05) is 12.1 Å². The molecule has 0 bridgehead atoms. The first kappa shape index (κ1) is 17.4. The van der Waals surface area contributed by atoms with Crippen molar-refractivity contribution in [1.82, 2.24) is 4.98 Å². The normalized spacial score (nSPS) is 15.3. The topological polar surface area (TPSA) is 59.2 Å². The van der Waals surface area contributed by atoms with E-state index in [1.165, 1.54) is 18.2 Å². The molecule has 0 aliphatic carbocycles. The van der Waals surface area contributed by atoms with Gasteiger partial charge < -0.3 is 10.6 Å². The van der Waals surface area contributed by atoms with Crippen molar-refractivity contribution >= 4 is 22.5 Å². The Morgan fingerprint density at radius 1 is 1.07 bits per heavy atom. The molecule has 1 aliphatic heterocycles. The number of nitrogens with two attached hydrogens (primary N) is 1. The van der Waals surface area contributed by atoms with E-state index in [0.29, 0.717) is 31.6 Å². The van der Waals surface area contributed by atoms with Gasteiger partial charge in [-0.1, -0.05) is 12.1 Å². The molecule has 3 aromatic rings. The first-order valence-electron chi connectivity index (χ1n) is 8.92. The average Bonchev–Trinajstić information content (AvgIpc) is 2.68. The number of hydrogen-bond acceptors (Lipinski definition) is 3. The molecule has 4 nitrogen and oxygen atoms in total. The summed E-state index contributed by atoms with van der Waals surface area (Å²) in [5, 5.41) is 0.721. The molecule has 27 heavy (non-hydrogen) atoms. The molecule has 1 amide bonds. The number of halogens is 2. The lowest BCUT2D eigenvalue weighted by molar-refractivity contribution is -0.122. The molecule has 2 N–H and O–H groups in total. The Balaban J connectivity index is 1.80. The highest BCUT2D eigenvalue weighted by Gasteiger charge is 2.25. The number of pyridine rings is 1. The van der Waals surface area contributed by atoms with Crippen molar-refractivity contribution in [3.05, 3.63) is 60.2 Å². The van der Waals surface area contributed by atoms with Crippen LogP contribution in [0.4, 0.5) is 14.5 Å². The number of rotatable bonds is 3. The van der Waals surface area contributed by atoms with Crippen LogP contribution in [-0.2, 0) is 4.79 Å². The zero-order valence-corrected chi connectivity index (χ0v) is 14.7. The van der Waals surface area contributed by atoms with Gasteiger partial charge in [0.15, 0.2) is 0 Å². The molecule has 1 aliphatic rings. The minimum atomic E-state index is -0.398. The standard InChI is InChI=1S/C21H19F2N3O/c22-15-6-4-13(5-7-15)18-12-19(16-2-1-3-17(23)20(16)25-18)26-10-8-14(9-11-26)21(24)27/h1-7,12,14H,8-11H2,(H2,24,27). The molecular weight excluding hydrogens is 348 g/mol. The Morgan fingerprint density at radius 3 is 2.44 bits per heavy atom. The van der Waals surface area contributed by atoms with Gasteiger partial charge in [0.2, 0.25) is 5.91 Å². The van der Waals surface area contributed by atoms with Gasteiger partial charge in [-0.15, -0.1) is 0 Å². The van der Waals surface area contributed by atoms with E-state index in [9.17, 15) is 13.6 Å². The number of carbonyl (C=O) groups is 1. The summed E-state index contributed by atoms with van der Waals surface area (Å²) in [6.45, 7) is 1.32. The summed E-state index contributed by atoms with van der Waals surface area (Å²) in [7, 11) is 0. The number of hydrogen-bond donors (Lipinski definition) is 1. The Labute approximate surface area is 155 Å². The number of nitrogens with zero attached hydrogens (tertiary/aromatic N) is 2. The first-order chi connectivity index (χ1) is 13.0. The van der Waals surface area contributed by atoms with E-state index in [1.54, 1.807) is 18.2 Å². The number of benzene rings is 2. The van der Waals surface area contributed by atoms with Gasteiger partial charge in [-0.3, -0.25) is 4.79 Å². The molecule has 1 aromatic heterocycles. The van der Waals surface area contributed by atoms with Crippen molar-refractivity contribution in [3.8, 4) is 11.3 Å². The average molecular weight is 367 g/mol. The van der Waals surface area contributed by atoms with Crippen molar-refractivity contribution in [2.45, 2.75) is 12.8 Å². The minimum Gasteiger partial charge on any atom is -0.371 e. The minimum absolute atomic E-state index is 0.123. The zero-order valence-electron chi connectivity index (χ0n) is 14.7. The van der Waals surface area contributed by atoms with E-state index in [-0.39, 0.29) is 23.2 Å². The van der Waals surface area contributed by atoms with Gasteiger partial charge in [0.05, 0.1) is 5.69 Å². The molecule has 0 saturated carbocycles. The van der Waals surface area contributed by atoms with Crippen LogP contribution in [0.2, 0.25) is 0 Å². The summed E-state index contributed by atoms with van der Waals surface area (Å²) in [4.78, 5) is 18.0. The Kier molecular flexibility index (Phi) is 4.48. The van der Waals surface area contributed by atoms with Gasteiger partial charge in [-0.2, -0.15) is 0 Å². The number of primary amides is 1. The van der Waals surface area contributed by atoms with Crippen molar-refractivity contribution in [2.75, 3.05) is 18.0 Å². The third kappa shape index (κ3) is 3.35. The summed E-state index contributed by atoms with van der Waals surface area (Å²) in [6, 6.07) is 12.8. The van der Waals surface area contributed by atoms with Gasteiger partial charge in [-0.25, -0.2) is 13.8 Å². The number of fused-ring (bicyclic) bond motifs is 1. The van der Waals surface area contributed by atoms with Crippen LogP contribution in [0.1, 0.15) is 12.8 Å². The maximum Gasteiger partial charge on any atom is 0.220 e. The van der Waals surface area contributed by atoms with Crippen LogP contribution in [0, 0.1) is 17.6 Å². The summed E-state index contributed by atoms with van der Waals surface area (Å²) in [5.41, 5.74) is 7.87. The fourth-order valence-electron chi connectivity index (χ4n) is 3.63. The highest BCUT2D eigenvalue weighted by atomic mass is 19.1. The second-order valence-electron chi connectivity index (χ2n) is 6.83. The van der Waals surface area contributed by atoms with Crippen LogP contribution in [-0.4, -0.2) is 24.0 Å². The van der Waals surface area contributed by atoms with Crippen LogP contribution < -0.4 is 10.6 Å². The van der Waals surface area contributed by atoms with Crippen LogP contribution in [0.5, 0.6) is 0 Å². The number of piperidine rings is 1. The second-order valence-corrected chi connectivity index (χ2v) is 6.83.